The van der Waals surface area contributed by atoms with Gasteiger partial charge in [0.05, 0.1) is 5.69 Å². The largest absolute Gasteiger partial charge is 0.375 e. The molecule has 1 N–H and O–H groups in total. The highest BCUT2D eigenvalue weighted by Gasteiger charge is 1.90. The second-order valence-electron chi connectivity index (χ2n) is 2.46. The van der Waals surface area contributed by atoms with Crippen molar-refractivity contribution in [3.63, 3.8) is 0 Å². The molecule has 0 saturated carbocycles. The average Bonchev–Trinajstić information content (AvgIpc) is 2.16. The maximum atomic E-state index is 8.61. The fourth-order valence-corrected chi connectivity index (χ4v) is 0.790. The minimum Gasteiger partial charge on any atom is -0.375 e. The Labute approximate surface area is 81.4 Å². The Bertz CT molecular complexity index is 286. The summed E-state index contributed by atoms with van der Waals surface area (Å²) in [5.74, 6) is 0. The molecule has 0 radical (unpaired) electrons. The molecule has 0 unspecified atom stereocenters. The molecule has 0 aliphatic heterocycles. The van der Waals surface area contributed by atoms with E-state index in [9.17, 15) is 0 Å². The minimum atomic E-state index is -0.156. The first-order valence-electron chi connectivity index (χ1n) is 3.71. The first kappa shape index (κ1) is 9.95. The summed E-state index contributed by atoms with van der Waals surface area (Å²) in [6.45, 7) is -0.156. The van der Waals surface area contributed by atoms with Crippen LogP contribution in [-0.2, 0) is 0 Å². The highest BCUT2D eigenvalue weighted by molar-refractivity contribution is 6.30. The fraction of sp³-hybridized carbons (Fsp3) is 0.250. The van der Waals surface area contributed by atoms with Crippen molar-refractivity contribution >= 4 is 17.3 Å². The van der Waals surface area contributed by atoms with Gasteiger partial charge in [0.25, 0.3) is 0 Å². The third-order valence-electron chi connectivity index (χ3n) is 1.34. The zero-order valence-corrected chi connectivity index (χ0v) is 7.94. The van der Waals surface area contributed by atoms with E-state index in [4.69, 9.17) is 16.7 Å². The summed E-state index contributed by atoms with van der Waals surface area (Å²) in [7, 11) is 1.62. The van der Waals surface area contributed by atoms with Crippen LogP contribution in [0.4, 0.5) is 5.69 Å². The van der Waals surface area contributed by atoms with Gasteiger partial charge in [0.1, 0.15) is 6.73 Å². The molecule has 0 spiro atoms. The van der Waals surface area contributed by atoms with Crippen LogP contribution in [0.1, 0.15) is 0 Å². The lowest BCUT2D eigenvalue weighted by atomic mass is 10.3. The molecule has 4 nitrogen and oxygen atoms in total. The van der Waals surface area contributed by atoms with Gasteiger partial charge in [0.2, 0.25) is 0 Å². The number of aliphatic hydroxyl groups excluding tert-OH is 1. The third kappa shape index (κ3) is 3.40. The smallest absolute Gasteiger partial charge is 0.133 e. The van der Waals surface area contributed by atoms with E-state index >= 15 is 0 Å². The molecule has 0 fully saturated rings. The SMILES string of the molecule is CN(CO)N=Nc1ccc(Cl)cc1. The van der Waals surface area contributed by atoms with Crippen molar-refractivity contribution in [1.29, 1.82) is 0 Å². The first-order valence-corrected chi connectivity index (χ1v) is 4.09. The van der Waals surface area contributed by atoms with Gasteiger partial charge < -0.3 is 5.11 Å². The molecule has 0 heterocycles. The van der Waals surface area contributed by atoms with Gasteiger partial charge in [-0.2, -0.15) is 0 Å². The molecule has 0 atom stereocenters. The molecule has 1 rings (SSSR count). The van der Waals surface area contributed by atoms with E-state index in [0.717, 1.165) is 0 Å². The number of hydrogen-bond donors (Lipinski definition) is 1. The molecule has 1 aromatic carbocycles. The Morgan fingerprint density at radius 2 is 2.00 bits per heavy atom. The molecular formula is C8H10ClN3O. The van der Waals surface area contributed by atoms with Gasteiger partial charge in [-0.05, 0) is 24.3 Å². The van der Waals surface area contributed by atoms with Crippen LogP contribution in [-0.4, -0.2) is 23.9 Å². The van der Waals surface area contributed by atoms with Gasteiger partial charge >= 0.3 is 0 Å². The van der Waals surface area contributed by atoms with E-state index in [2.05, 4.69) is 10.3 Å². The van der Waals surface area contributed by atoms with E-state index in [1.165, 1.54) is 5.01 Å². The van der Waals surface area contributed by atoms with Gasteiger partial charge in [-0.3, -0.25) is 5.01 Å². The van der Waals surface area contributed by atoms with Crippen molar-refractivity contribution in [2.45, 2.75) is 0 Å². The molecular weight excluding hydrogens is 190 g/mol. The molecule has 0 aliphatic rings. The lowest BCUT2D eigenvalue weighted by Crippen LogP contribution is -2.10. The highest BCUT2D eigenvalue weighted by atomic mass is 35.5. The van der Waals surface area contributed by atoms with Gasteiger partial charge in [-0.25, -0.2) is 0 Å². The third-order valence-corrected chi connectivity index (χ3v) is 1.60. The van der Waals surface area contributed by atoms with Gasteiger partial charge in [-0.15, -0.1) is 5.11 Å². The average molecular weight is 200 g/mol. The van der Waals surface area contributed by atoms with Crippen molar-refractivity contribution in [1.82, 2.24) is 5.01 Å². The standard InChI is InChI=1S/C8H10ClN3O/c1-12(6-13)11-10-8-4-2-7(9)3-5-8/h2-5,13H,6H2,1H3. The summed E-state index contributed by atoms with van der Waals surface area (Å²) < 4.78 is 0. The Balaban J connectivity index is 2.64. The second-order valence-corrected chi connectivity index (χ2v) is 2.90. The summed E-state index contributed by atoms with van der Waals surface area (Å²) in [5.41, 5.74) is 0.699. The van der Waals surface area contributed by atoms with E-state index in [1.54, 1.807) is 31.3 Å². The van der Waals surface area contributed by atoms with E-state index in [-0.39, 0.29) is 6.73 Å². The monoisotopic (exact) mass is 199 g/mol. The van der Waals surface area contributed by atoms with Crippen LogP contribution in [0.3, 0.4) is 0 Å². The number of nitrogens with zero attached hydrogens (tertiary/aromatic N) is 3. The molecule has 0 aliphatic carbocycles. The van der Waals surface area contributed by atoms with Crippen LogP contribution >= 0.6 is 11.6 Å². The maximum Gasteiger partial charge on any atom is 0.133 e. The summed E-state index contributed by atoms with van der Waals surface area (Å²) in [4.78, 5) is 0. The summed E-state index contributed by atoms with van der Waals surface area (Å²) in [5, 5.41) is 18.1. The number of aliphatic hydroxyl groups is 1. The Morgan fingerprint density at radius 1 is 1.38 bits per heavy atom. The molecule has 0 bridgehead atoms. The predicted octanol–water partition coefficient (Wildman–Crippen LogP) is 2.22. The maximum absolute atomic E-state index is 8.61. The van der Waals surface area contributed by atoms with E-state index in [1.807, 2.05) is 0 Å². The van der Waals surface area contributed by atoms with Gasteiger partial charge in [0.15, 0.2) is 0 Å². The van der Waals surface area contributed by atoms with E-state index in [0.29, 0.717) is 10.7 Å². The minimum absolute atomic E-state index is 0.156. The topological polar surface area (TPSA) is 48.2 Å². The fourth-order valence-electron chi connectivity index (χ4n) is 0.664. The Kier molecular flexibility index (Phi) is 3.67. The number of halogens is 1. The van der Waals surface area contributed by atoms with Gasteiger partial charge in [0, 0.05) is 12.1 Å². The summed E-state index contributed by atoms with van der Waals surface area (Å²) in [6.07, 6.45) is 0. The van der Waals surface area contributed by atoms with Crippen molar-refractivity contribution in [3.05, 3.63) is 29.3 Å². The molecule has 5 heteroatoms. The van der Waals surface area contributed by atoms with Gasteiger partial charge in [-0.1, -0.05) is 16.8 Å². The number of benzene rings is 1. The van der Waals surface area contributed by atoms with Crippen LogP contribution in [0.15, 0.2) is 34.6 Å². The summed E-state index contributed by atoms with van der Waals surface area (Å²) in [6, 6.07) is 6.96. The van der Waals surface area contributed by atoms with Crippen LogP contribution < -0.4 is 0 Å². The molecule has 1 aromatic rings. The Morgan fingerprint density at radius 3 is 2.54 bits per heavy atom. The van der Waals surface area contributed by atoms with Crippen LogP contribution in [0.2, 0.25) is 5.02 Å². The summed E-state index contributed by atoms with van der Waals surface area (Å²) >= 11 is 5.68. The van der Waals surface area contributed by atoms with Crippen molar-refractivity contribution in [2.24, 2.45) is 10.3 Å². The van der Waals surface area contributed by atoms with Crippen molar-refractivity contribution in [2.75, 3.05) is 13.8 Å². The molecule has 70 valence electrons. The first-order chi connectivity index (χ1) is 6.22. The molecule has 0 aromatic heterocycles. The normalized spacial score (nSPS) is 10.7. The quantitative estimate of drug-likeness (QED) is 0.461. The molecule has 0 amide bonds. The zero-order chi connectivity index (χ0) is 9.68. The van der Waals surface area contributed by atoms with Crippen molar-refractivity contribution < 1.29 is 5.11 Å². The van der Waals surface area contributed by atoms with Crippen LogP contribution in [0.5, 0.6) is 0 Å². The molecule has 13 heavy (non-hydrogen) atoms. The predicted molar refractivity (Wildman–Crippen MR) is 50.8 cm³/mol. The van der Waals surface area contributed by atoms with Crippen LogP contribution in [0.25, 0.3) is 0 Å². The second kappa shape index (κ2) is 4.79. The highest BCUT2D eigenvalue weighted by Crippen LogP contribution is 2.16. The lowest BCUT2D eigenvalue weighted by molar-refractivity contribution is 0.129. The van der Waals surface area contributed by atoms with E-state index < -0.39 is 0 Å². The van der Waals surface area contributed by atoms with Crippen molar-refractivity contribution in [3.8, 4) is 0 Å². The Hall–Kier alpha value is -1.13. The lowest BCUT2D eigenvalue weighted by Gasteiger charge is -2.04. The van der Waals surface area contributed by atoms with Crippen LogP contribution in [0, 0.1) is 0 Å². The number of hydrogen-bond acceptors (Lipinski definition) is 3. The number of rotatable bonds is 3. The zero-order valence-electron chi connectivity index (χ0n) is 7.18. The molecule has 0 saturated heterocycles.